The van der Waals surface area contributed by atoms with Crippen molar-refractivity contribution in [3.05, 3.63) is 72.3 Å². The predicted octanol–water partition coefficient (Wildman–Crippen LogP) is 5.26. The molecule has 0 saturated carbocycles. The minimum atomic E-state index is -0.980. The Morgan fingerprint density at radius 3 is 2.73 bits per heavy atom. The van der Waals surface area contributed by atoms with Gasteiger partial charge < -0.3 is 14.5 Å². The van der Waals surface area contributed by atoms with Gasteiger partial charge in [0.2, 0.25) is 0 Å². The third-order valence-corrected chi connectivity index (χ3v) is 9.84. The maximum absolute atomic E-state index is 16.2. The van der Waals surface area contributed by atoms with Gasteiger partial charge in [0, 0.05) is 68.7 Å². The van der Waals surface area contributed by atoms with Gasteiger partial charge in [0.05, 0.1) is 48.4 Å². The zero-order chi connectivity index (χ0) is 36.4. The summed E-state index contributed by atoms with van der Waals surface area (Å²) >= 11 is 0. The number of carbonyl (C=O) groups is 1. The summed E-state index contributed by atoms with van der Waals surface area (Å²) in [6.45, 7) is 2.33. The number of aromatic nitrogens is 6. The molecular weight excluding hydrogens is 673 g/mol. The number of pyridine rings is 2. The highest BCUT2D eigenvalue weighted by Crippen LogP contribution is 2.35. The molecule has 15 heteroatoms. The van der Waals surface area contributed by atoms with Crippen molar-refractivity contribution in [3.63, 3.8) is 0 Å². The highest BCUT2D eigenvalue weighted by molar-refractivity contribution is 5.98. The van der Waals surface area contributed by atoms with Crippen LogP contribution in [-0.2, 0) is 11.8 Å². The van der Waals surface area contributed by atoms with Gasteiger partial charge in [-0.05, 0) is 37.9 Å². The van der Waals surface area contributed by atoms with Crippen LogP contribution in [0.5, 0.6) is 6.01 Å². The number of amides is 1. The van der Waals surface area contributed by atoms with E-state index in [0.717, 1.165) is 29.9 Å². The van der Waals surface area contributed by atoms with Crippen molar-refractivity contribution in [2.45, 2.75) is 43.9 Å². The number of rotatable bonds is 6. The lowest BCUT2D eigenvalue weighted by Gasteiger charge is -2.41. The van der Waals surface area contributed by atoms with E-state index in [0.29, 0.717) is 35.0 Å². The van der Waals surface area contributed by atoms with Gasteiger partial charge in [-0.15, -0.1) is 0 Å². The molecule has 3 fully saturated rings. The maximum Gasteiger partial charge on any atom is 0.318 e. The summed E-state index contributed by atoms with van der Waals surface area (Å²) in [5.74, 6) is -2.14. The van der Waals surface area contributed by atoms with Crippen LogP contribution < -0.4 is 9.64 Å². The highest BCUT2D eigenvalue weighted by atomic mass is 19.1. The topological polar surface area (TPSA) is 129 Å². The van der Waals surface area contributed by atoms with Gasteiger partial charge in [-0.1, -0.05) is 24.3 Å². The van der Waals surface area contributed by atoms with Crippen LogP contribution in [0.25, 0.3) is 39.1 Å². The number of hydrogen-bond acceptors (Lipinski definition) is 10. The Balaban J connectivity index is 0.000000404. The van der Waals surface area contributed by atoms with E-state index in [-0.39, 0.29) is 43.3 Å². The van der Waals surface area contributed by atoms with Crippen LogP contribution in [0, 0.1) is 17.1 Å². The Kier molecular flexibility index (Phi) is 9.99. The summed E-state index contributed by atoms with van der Waals surface area (Å²) < 4.78 is 50.8. The lowest BCUT2D eigenvalue weighted by molar-refractivity contribution is -0.131. The van der Waals surface area contributed by atoms with Gasteiger partial charge in [-0.3, -0.25) is 24.3 Å². The molecule has 3 unspecified atom stereocenters. The number of methoxy groups -OCH3 is 1. The lowest BCUT2D eigenvalue weighted by Crippen LogP contribution is -2.55. The number of alkyl halides is 1. The molecule has 3 atom stereocenters. The molecule has 4 aromatic heterocycles. The Bertz CT molecular complexity index is 2160. The number of carbonyl (C=O) groups excluding carboxylic acids is 1. The van der Waals surface area contributed by atoms with Crippen LogP contribution in [-0.4, -0.2) is 104 Å². The third kappa shape index (κ3) is 6.85. The van der Waals surface area contributed by atoms with E-state index in [1.54, 1.807) is 53.2 Å². The molecule has 3 aliphatic heterocycles. The summed E-state index contributed by atoms with van der Waals surface area (Å²) in [7, 11) is 3.16. The minimum Gasteiger partial charge on any atom is -0.467 e. The van der Waals surface area contributed by atoms with Crippen molar-refractivity contribution in [3.8, 4) is 23.3 Å². The normalized spacial score (nSPS) is 20.5. The number of ether oxygens (including phenoxy) is 1. The number of nitriles is 1. The highest BCUT2D eigenvalue weighted by Gasteiger charge is 2.35. The molecule has 5 aromatic rings. The number of halogens is 3. The zero-order valence-corrected chi connectivity index (χ0v) is 28.8. The summed E-state index contributed by atoms with van der Waals surface area (Å²) in [5.41, 5.74) is 1.68. The molecule has 12 nitrogen and oxygen atoms in total. The number of benzene rings is 1. The van der Waals surface area contributed by atoms with Crippen LogP contribution in [0.1, 0.15) is 31.4 Å². The molecule has 0 aliphatic carbocycles. The number of nitrogens with zero attached hydrogens (tertiary/aromatic N) is 10. The van der Waals surface area contributed by atoms with Gasteiger partial charge in [0.1, 0.15) is 23.2 Å². The summed E-state index contributed by atoms with van der Waals surface area (Å²) in [4.78, 5) is 35.8. The molecular formula is C37H37F3N10O2. The van der Waals surface area contributed by atoms with E-state index in [9.17, 15) is 18.8 Å². The SMILES string of the molecule is COc1nc(N2CCN(C(=O)/C(F)=C/c3ccccn3)C(CC#N)C2)c2cnc(-c3cccc4cnn(C)c34)c(F)c2n1.FC1CC2CCCN2C1. The van der Waals surface area contributed by atoms with E-state index in [1.807, 2.05) is 6.07 Å². The van der Waals surface area contributed by atoms with E-state index < -0.39 is 29.8 Å². The summed E-state index contributed by atoms with van der Waals surface area (Å²) in [5, 5.41) is 15.0. The quantitative estimate of drug-likeness (QED) is 0.216. The maximum atomic E-state index is 16.2. The second kappa shape index (κ2) is 14.9. The summed E-state index contributed by atoms with van der Waals surface area (Å²) in [6, 6.07) is 12.4. The lowest BCUT2D eigenvalue weighted by atomic mass is 10.1. The van der Waals surface area contributed by atoms with E-state index in [1.165, 1.54) is 37.2 Å². The molecule has 3 saturated heterocycles. The molecule has 8 rings (SSSR count). The number of aryl methyl sites for hydroxylation is 1. The average molecular weight is 711 g/mol. The summed E-state index contributed by atoms with van der Waals surface area (Å²) in [6.07, 6.45) is 8.53. The largest absolute Gasteiger partial charge is 0.467 e. The molecule has 268 valence electrons. The van der Waals surface area contributed by atoms with Crippen molar-refractivity contribution in [2.24, 2.45) is 7.05 Å². The minimum absolute atomic E-state index is 0.00528. The fraction of sp³-hybridized carbons (Fsp3) is 0.378. The molecule has 1 aromatic carbocycles. The van der Waals surface area contributed by atoms with Crippen LogP contribution in [0.4, 0.5) is 19.0 Å². The number of para-hydroxylation sites is 1. The first-order valence-corrected chi connectivity index (χ1v) is 17.2. The number of anilines is 1. The second-order valence-electron chi connectivity index (χ2n) is 13.1. The van der Waals surface area contributed by atoms with Crippen molar-refractivity contribution in [1.29, 1.82) is 5.26 Å². The first-order chi connectivity index (χ1) is 25.2. The van der Waals surface area contributed by atoms with Crippen molar-refractivity contribution in [1.82, 2.24) is 39.5 Å². The molecule has 1 amide bonds. The standard InChI is InChI=1S/C30H25F2N9O2.C7H12FN/c1-39-27-18(15-36-39)6-5-8-21(27)25-24(32)26-22(16-35-25)28(38-30(37-26)43-2)40-12-13-41(20(17-40)9-10-33)29(42)23(31)14-19-7-3-4-11-34-19;8-6-4-7-2-1-3-9(7)5-6/h3-8,11,14-16,20H,9,12-13,17H2,1-2H3;6-7H,1-5H2/b23-14-;. The fourth-order valence-corrected chi connectivity index (χ4v) is 7.38. The Hall–Kier alpha value is -5.62. The van der Waals surface area contributed by atoms with E-state index in [2.05, 4.69) is 36.0 Å². The number of fused-ring (bicyclic) bond motifs is 3. The molecule has 0 radical (unpaired) electrons. The number of piperazine rings is 1. The Morgan fingerprint density at radius 1 is 1.10 bits per heavy atom. The predicted molar refractivity (Wildman–Crippen MR) is 189 cm³/mol. The zero-order valence-electron chi connectivity index (χ0n) is 28.8. The van der Waals surface area contributed by atoms with Crippen molar-refractivity contribution in [2.75, 3.05) is 44.7 Å². The molecule has 7 heterocycles. The van der Waals surface area contributed by atoms with Gasteiger partial charge in [0.25, 0.3) is 5.91 Å². The average Bonchev–Trinajstić information content (AvgIpc) is 3.87. The third-order valence-electron chi connectivity index (χ3n) is 9.84. The van der Waals surface area contributed by atoms with Gasteiger partial charge in [-0.25, -0.2) is 13.2 Å². The van der Waals surface area contributed by atoms with Gasteiger partial charge in [0.15, 0.2) is 11.6 Å². The van der Waals surface area contributed by atoms with Crippen LogP contribution in [0.3, 0.4) is 0 Å². The fourth-order valence-electron chi connectivity index (χ4n) is 7.38. The smallest absolute Gasteiger partial charge is 0.318 e. The molecule has 52 heavy (non-hydrogen) atoms. The van der Waals surface area contributed by atoms with Gasteiger partial charge >= 0.3 is 6.01 Å². The Morgan fingerprint density at radius 2 is 1.96 bits per heavy atom. The molecule has 3 aliphatic rings. The first kappa shape index (κ1) is 34.8. The number of hydrogen-bond donors (Lipinski definition) is 0. The van der Waals surface area contributed by atoms with Crippen molar-refractivity contribution < 1.29 is 22.7 Å². The second-order valence-corrected chi connectivity index (χ2v) is 13.1. The monoisotopic (exact) mass is 710 g/mol. The first-order valence-electron chi connectivity index (χ1n) is 17.2. The molecule has 0 bridgehead atoms. The van der Waals surface area contributed by atoms with E-state index in [4.69, 9.17) is 4.74 Å². The molecule has 0 spiro atoms. The van der Waals surface area contributed by atoms with Crippen LogP contribution in [0.15, 0.2) is 60.8 Å². The van der Waals surface area contributed by atoms with Crippen molar-refractivity contribution >= 4 is 39.6 Å². The van der Waals surface area contributed by atoms with Crippen LogP contribution >= 0.6 is 0 Å². The molecule has 0 N–H and O–H groups in total. The van der Waals surface area contributed by atoms with Crippen LogP contribution in [0.2, 0.25) is 0 Å². The van der Waals surface area contributed by atoms with E-state index >= 15 is 4.39 Å². The van der Waals surface area contributed by atoms with Gasteiger partial charge in [-0.2, -0.15) is 20.3 Å². The Labute approximate surface area is 298 Å².